The number of ether oxygens (including phenoxy) is 1. The van der Waals surface area contributed by atoms with Crippen molar-refractivity contribution in [2.45, 2.75) is 6.42 Å². The molecule has 114 valence electrons. The number of H-pyrrole nitrogens is 1. The predicted molar refractivity (Wildman–Crippen MR) is 85.3 cm³/mol. The van der Waals surface area contributed by atoms with Gasteiger partial charge in [-0.25, -0.2) is 0 Å². The Morgan fingerprint density at radius 2 is 2.10 bits per heavy atom. The van der Waals surface area contributed by atoms with Crippen LogP contribution < -0.4 is 10.1 Å². The van der Waals surface area contributed by atoms with Crippen molar-refractivity contribution in [2.75, 3.05) is 33.3 Å². The number of benzene rings is 1. The van der Waals surface area contributed by atoms with Crippen LogP contribution in [0.3, 0.4) is 0 Å². The Labute approximate surface area is 130 Å². The molecule has 5 nitrogen and oxygen atoms in total. The Hall–Kier alpha value is -1.72. The summed E-state index contributed by atoms with van der Waals surface area (Å²) >= 11 is 0. The Morgan fingerprint density at radius 3 is 2.81 bits per heavy atom. The van der Waals surface area contributed by atoms with Crippen LogP contribution in [0.5, 0.6) is 5.75 Å². The fourth-order valence-electron chi connectivity index (χ4n) is 2.72. The summed E-state index contributed by atoms with van der Waals surface area (Å²) in [6, 6.07) is 5.87. The van der Waals surface area contributed by atoms with Gasteiger partial charge in [0.05, 0.1) is 13.5 Å². The van der Waals surface area contributed by atoms with Gasteiger partial charge in [-0.15, -0.1) is 12.4 Å². The van der Waals surface area contributed by atoms with Crippen molar-refractivity contribution in [3.63, 3.8) is 0 Å². The summed E-state index contributed by atoms with van der Waals surface area (Å²) in [5, 5.41) is 4.27. The number of amides is 1. The molecule has 2 heterocycles. The summed E-state index contributed by atoms with van der Waals surface area (Å²) in [6.07, 6.45) is 2.33. The number of piperazine rings is 1. The molecule has 21 heavy (non-hydrogen) atoms. The van der Waals surface area contributed by atoms with Crippen LogP contribution in [-0.4, -0.2) is 49.1 Å². The molecule has 0 bridgehead atoms. The Bertz CT molecular complexity index is 620. The SMILES string of the molecule is COc1cccc2[nH]cc(CC(=O)N3CCNCC3)c12.Cl. The number of rotatable bonds is 3. The van der Waals surface area contributed by atoms with Crippen molar-refractivity contribution < 1.29 is 9.53 Å². The van der Waals surface area contributed by atoms with Gasteiger partial charge in [0.1, 0.15) is 5.75 Å². The minimum absolute atomic E-state index is 0. The Kier molecular flexibility index (Phi) is 5.09. The van der Waals surface area contributed by atoms with E-state index in [9.17, 15) is 4.79 Å². The summed E-state index contributed by atoms with van der Waals surface area (Å²) in [6.45, 7) is 3.34. The molecule has 1 aliphatic heterocycles. The van der Waals surface area contributed by atoms with E-state index < -0.39 is 0 Å². The molecular weight excluding hydrogens is 290 g/mol. The number of carbonyl (C=O) groups is 1. The second-order valence-electron chi connectivity index (χ2n) is 5.00. The lowest BCUT2D eigenvalue weighted by Gasteiger charge is -2.27. The van der Waals surface area contributed by atoms with Crippen molar-refractivity contribution in [3.8, 4) is 5.75 Å². The van der Waals surface area contributed by atoms with Crippen LogP contribution in [0.2, 0.25) is 0 Å². The fourth-order valence-corrected chi connectivity index (χ4v) is 2.72. The van der Waals surface area contributed by atoms with E-state index in [1.807, 2.05) is 29.3 Å². The van der Waals surface area contributed by atoms with Crippen LogP contribution in [0.25, 0.3) is 10.9 Å². The zero-order chi connectivity index (χ0) is 13.9. The number of aromatic nitrogens is 1. The molecule has 1 saturated heterocycles. The first-order valence-electron chi connectivity index (χ1n) is 6.91. The van der Waals surface area contributed by atoms with E-state index in [0.717, 1.165) is 48.4 Å². The molecule has 0 radical (unpaired) electrons. The number of carbonyl (C=O) groups excluding carboxylic acids is 1. The van der Waals surface area contributed by atoms with Crippen LogP contribution in [0.15, 0.2) is 24.4 Å². The summed E-state index contributed by atoms with van der Waals surface area (Å²) in [5.74, 6) is 0.991. The maximum Gasteiger partial charge on any atom is 0.227 e. The van der Waals surface area contributed by atoms with E-state index in [2.05, 4.69) is 10.3 Å². The summed E-state index contributed by atoms with van der Waals surface area (Å²) in [7, 11) is 1.66. The summed E-state index contributed by atoms with van der Waals surface area (Å²) < 4.78 is 5.40. The van der Waals surface area contributed by atoms with Crippen molar-refractivity contribution >= 4 is 29.2 Å². The normalized spacial score (nSPS) is 14.8. The van der Waals surface area contributed by atoms with Gasteiger partial charge < -0.3 is 19.9 Å². The highest BCUT2D eigenvalue weighted by Gasteiger charge is 2.19. The molecule has 2 aromatic rings. The van der Waals surface area contributed by atoms with Gasteiger partial charge in [0.25, 0.3) is 0 Å². The largest absolute Gasteiger partial charge is 0.496 e. The van der Waals surface area contributed by atoms with Gasteiger partial charge in [0, 0.05) is 43.3 Å². The number of methoxy groups -OCH3 is 1. The van der Waals surface area contributed by atoms with Crippen molar-refractivity contribution in [1.82, 2.24) is 15.2 Å². The zero-order valence-electron chi connectivity index (χ0n) is 12.0. The maximum absolute atomic E-state index is 12.4. The second kappa shape index (κ2) is 6.83. The van der Waals surface area contributed by atoms with Crippen molar-refractivity contribution in [2.24, 2.45) is 0 Å². The number of aromatic amines is 1. The van der Waals surface area contributed by atoms with Gasteiger partial charge in [0.15, 0.2) is 0 Å². The first-order valence-corrected chi connectivity index (χ1v) is 6.91. The number of halogens is 1. The fraction of sp³-hybridized carbons (Fsp3) is 0.400. The third-order valence-corrected chi connectivity index (χ3v) is 3.78. The molecule has 0 atom stereocenters. The third-order valence-electron chi connectivity index (χ3n) is 3.78. The van der Waals surface area contributed by atoms with E-state index in [1.165, 1.54) is 0 Å². The zero-order valence-corrected chi connectivity index (χ0v) is 12.8. The molecule has 1 aromatic heterocycles. The number of hydrogen-bond acceptors (Lipinski definition) is 3. The molecule has 0 spiro atoms. The highest BCUT2D eigenvalue weighted by Crippen LogP contribution is 2.29. The lowest BCUT2D eigenvalue weighted by atomic mass is 10.1. The van der Waals surface area contributed by atoms with E-state index in [1.54, 1.807) is 7.11 Å². The smallest absolute Gasteiger partial charge is 0.227 e. The number of fused-ring (bicyclic) bond motifs is 1. The number of nitrogens with one attached hydrogen (secondary N) is 2. The monoisotopic (exact) mass is 309 g/mol. The minimum atomic E-state index is 0. The van der Waals surface area contributed by atoms with Crippen LogP contribution in [0, 0.1) is 0 Å². The van der Waals surface area contributed by atoms with Crippen LogP contribution >= 0.6 is 12.4 Å². The van der Waals surface area contributed by atoms with E-state index in [0.29, 0.717) is 6.42 Å². The summed E-state index contributed by atoms with van der Waals surface area (Å²) in [5.41, 5.74) is 2.01. The molecule has 1 amide bonds. The predicted octanol–water partition coefficient (Wildman–Crippen LogP) is 1.57. The highest BCUT2D eigenvalue weighted by molar-refractivity contribution is 5.93. The first kappa shape index (κ1) is 15.7. The molecule has 0 aliphatic carbocycles. The maximum atomic E-state index is 12.4. The first-order chi connectivity index (χ1) is 9.79. The summed E-state index contributed by atoms with van der Waals surface area (Å²) in [4.78, 5) is 17.5. The highest BCUT2D eigenvalue weighted by atomic mass is 35.5. The average molecular weight is 310 g/mol. The molecule has 2 N–H and O–H groups in total. The van der Waals surface area contributed by atoms with Gasteiger partial charge in [-0.2, -0.15) is 0 Å². The lowest BCUT2D eigenvalue weighted by Crippen LogP contribution is -2.46. The second-order valence-corrected chi connectivity index (χ2v) is 5.00. The molecule has 1 aromatic carbocycles. The average Bonchev–Trinajstić information content (AvgIpc) is 2.91. The Balaban J connectivity index is 0.00000161. The van der Waals surface area contributed by atoms with Crippen molar-refractivity contribution in [1.29, 1.82) is 0 Å². The van der Waals surface area contributed by atoms with E-state index in [-0.39, 0.29) is 18.3 Å². The Morgan fingerprint density at radius 1 is 1.33 bits per heavy atom. The van der Waals surface area contributed by atoms with Gasteiger partial charge in [-0.1, -0.05) is 6.07 Å². The molecule has 1 fully saturated rings. The van der Waals surface area contributed by atoms with Gasteiger partial charge in [-0.3, -0.25) is 4.79 Å². The molecule has 0 unspecified atom stereocenters. The van der Waals surface area contributed by atoms with Crippen LogP contribution in [0.4, 0.5) is 0 Å². The van der Waals surface area contributed by atoms with E-state index >= 15 is 0 Å². The molecular formula is C15H20ClN3O2. The number of hydrogen-bond donors (Lipinski definition) is 2. The molecule has 1 aliphatic rings. The van der Waals surface area contributed by atoms with E-state index in [4.69, 9.17) is 4.74 Å². The quantitative estimate of drug-likeness (QED) is 0.905. The van der Waals surface area contributed by atoms with Crippen molar-refractivity contribution in [3.05, 3.63) is 30.0 Å². The minimum Gasteiger partial charge on any atom is -0.496 e. The van der Waals surface area contributed by atoms with Gasteiger partial charge >= 0.3 is 0 Å². The molecule has 3 rings (SSSR count). The topological polar surface area (TPSA) is 57.4 Å². The van der Waals surface area contributed by atoms with Crippen LogP contribution in [0.1, 0.15) is 5.56 Å². The molecule has 6 heteroatoms. The number of nitrogens with zero attached hydrogens (tertiary/aromatic N) is 1. The van der Waals surface area contributed by atoms with Gasteiger partial charge in [0.2, 0.25) is 5.91 Å². The third kappa shape index (κ3) is 3.14. The van der Waals surface area contributed by atoms with Crippen LogP contribution in [-0.2, 0) is 11.2 Å². The standard InChI is InChI=1S/C15H19N3O2.ClH/c1-20-13-4-2-3-12-15(13)11(10-17-12)9-14(19)18-7-5-16-6-8-18;/h2-4,10,16-17H,5-9H2,1H3;1H. The molecule has 0 saturated carbocycles. The van der Waals surface area contributed by atoms with Gasteiger partial charge in [-0.05, 0) is 17.7 Å². The lowest BCUT2D eigenvalue weighted by molar-refractivity contribution is -0.131.